The van der Waals surface area contributed by atoms with Crippen LogP contribution in [-0.4, -0.2) is 28.9 Å². The fraction of sp³-hybridized carbons (Fsp3) is 0.346. The standard InChI is InChI=1S/C26H29NO2/c28-25-13-12-21(18-24(25)19-27-14-5-2-6-15-27)17-23-11-7-10-22(26(23)29)16-20-8-3-1-4-9-20/h1,3-4,8-9,12-13,16-18,28H,2,5-7,10-11,14-15,19H2/b22-16-,23-17+. The van der Waals surface area contributed by atoms with Crippen molar-refractivity contribution in [1.29, 1.82) is 0 Å². The Bertz CT molecular complexity index is 921. The van der Waals surface area contributed by atoms with Crippen molar-refractivity contribution < 1.29 is 9.90 Å². The minimum absolute atomic E-state index is 0.158. The SMILES string of the molecule is O=C1/C(=C\c2ccccc2)CCC/C1=C\c1ccc(O)c(CN2CCCCC2)c1. The van der Waals surface area contributed by atoms with Gasteiger partial charge in [0.25, 0.3) is 0 Å². The average Bonchev–Trinajstić information content (AvgIpc) is 2.75. The number of aromatic hydroxyl groups is 1. The molecule has 150 valence electrons. The zero-order chi connectivity index (χ0) is 20.1. The van der Waals surface area contributed by atoms with Crippen LogP contribution in [0.4, 0.5) is 0 Å². The molecule has 2 fully saturated rings. The lowest BCUT2D eigenvalue weighted by molar-refractivity contribution is -0.112. The van der Waals surface area contributed by atoms with Crippen molar-refractivity contribution in [2.45, 2.75) is 45.1 Å². The highest BCUT2D eigenvalue weighted by molar-refractivity contribution is 6.13. The Labute approximate surface area is 173 Å². The molecule has 0 unspecified atom stereocenters. The molecule has 1 saturated heterocycles. The maximum absolute atomic E-state index is 13.0. The van der Waals surface area contributed by atoms with Crippen molar-refractivity contribution in [3.63, 3.8) is 0 Å². The number of carbonyl (C=O) groups excluding carboxylic acids is 1. The second-order valence-electron chi connectivity index (χ2n) is 8.16. The Morgan fingerprint density at radius 3 is 2.24 bits per heavy atom. The molecule has 0 amide bonds. The summed E-state index contributed by atoms with van der Waals surface area (Å²) < 4.78 is 0. The van der Waals surface area contributed by atoms with E-state index in [2.05, 4.69) is 4.90 Å². The summed E-state index contributed by atoms with van der Waals surface area (Å²) >= 11 is 0. The number of piperidine rings is 1. The van der Waals surface area contributed by atoms with Gasteiger partial charge < -0.3 is 5.11 Å². The zero-order valence-electron chi connectivity index (χ0n) is 16.9. The van der Waals surface area contributed by atoms with Crippen LogP contribution in [0.2, 0.25) is 0 Å². The lowest BCUT2D eigenvalue weighted by atomic mass is 9.86. The molecule has 3 heteroatoms. The van der Waals surface area contributed by atoms with Crippen LogP contribution in [0.5, 0.6) is 5.75 Å². The Kier molecular flexibility index (Phi) is 6.26. The Morgan fingerprint density at radius 1 is 0.828 bits per heavy atom. The molecule has 2 aliphatic rings. The molecule has 0 spiro atoms. The number of nitrogens with zero attached hydrogens (tertiary/aromatic N) is 1. The lowest BCUT2D eigenvalue weighted by Gasteiger charge is -2.26. The van der Waals surface area contributed by atoms with Gasteiger partial charge in [0.15, 0.2) is 5.78 Å². The van der Waals surface area contributed by atoms with Crippen LogP contribution in [0.25, 0.3) is 12.2 Å². The van der Waals surface area contributed by atoms with Gasteiger partial charge in [0.05, 0.1) is 0 Å². The fourth-order valence-corrected chi connectivity index (χ4v) is 4.31. The normalized spacial score (nSPS) is 21.0. The van der Waals surface area contributed by atoms with E-state index in [1.165, 1.54) is 19.3 Å². The maximum Gasteiger partial charge on any atom is 0.185 e. The molecule has 0 radical (unpaired) electrons. The molecule has 2 aromatic rings. The van der Waals surface area contributed by atoms with Gasteiger partial charge in [0, 0.05) is 23.3 Å². The number of likely N-dealkylation sites (tertiary alicyclic amines) is 1. The number of Topliss-reactive ketones (excluding diaryl/α,β-unsaturated/α-hetero) is 1. The first-order valence-electron chi connectivity index (χ1n) is 10.7. The van der Waals surface area contributed by atoms with Gasteiger partial charge in [0.1, 0.15) is 5.75 Å². The molecule has 4 rings (SSSR count). The van der Waals surface area contributed by atoms with E-state index >= 15 is 0 Å². The van der Waals surface area contributed by atoms with Gasteiger partial charge in [-0.2, -0.15) is 0 Å². The molecule has 29 heavy (non-hydrogen) atoms. The summed E-state index contributed by atoms with van der Waals surface area (Å²) in [5.41, 5.74) is 4.78. The van der Waals surface area contributed by atoms with Crippen LogP contribution >= 0.6 is 0 Å². The first-order valence-corrected chi connectivity index (χ1v) is 10.7. The number of hydrogen-bond donors (Lipinski definition) is 1. The van der Waals surface area contributed by atoms with Crippen LogP contribution in [-0.2, 0) is 11.3 Å². The second kappa shape index (κ2) is 9.23. The molecule has 1 aliphatic carbocycles. The lowest BCUT2D eigenvalue weighted by Crippen LogP contribution is -2.29. The molecular weight excluding hydrogens is 358 g/mol. The third kappa shape index (κ3) is 5.04. The molecule has 1 heterocycles. The average molecular weight is 388 g/mol. The molecule has 2 aromatic carbocycles. The van der Waals surface area contributed by atoms with Crippen molar-refractivity contribution in [3.05, 3.63) is 76.4 Å². The molecule has 0 aromatic heterocycles. The highest BCUT2D eigenvalue weighted by atomic mass is 16.3. The van der Waals surface area contributed by atoms with Gasteiger partial charge in [-0.1, -0.05) is 42.8 Å². The van der Waals surface area contributed by atoms with Crippen molar-refractivity contribution in [3.8, 4) is 5.75 Å². The zero-order valence-corrected chi connectivity index (χ0v) is 16.9. The van der Waals surface area contributed by atoms with Crippen LogP contribution < -0.4 is 0 Å². The largest absolute Gasteiger partial charge is 0.508 e. The number of phenols is 1. The smallest absolute Gasteiger partial charge is 0.185 e. The fourth-order valence-electron chi connectivity index (χ4n) is 4.31. The number of ketones is 1. The predicted octanol–water partition coefficient (Wildman–Crippen LogP) is 5.60. The van der Waals surface area contributed by atoms with E-state index in [0.29, 0.717) is 5.75 Å². The summed E-state index contributed by atoms with van der Waals surface area (Å²) in [5.74, 6) is 0.503. The van der Waals surface area contributed by atoms with E-state index in [-0.39, 0.29) is 5.78 Å². The number of allylic oxidation sites excluding steroid dienone is 2. The summed E-state index contributed by atoms with van der Waals surface area (Å²) in [6.07, 6.45) is 10.4. The van der Waals surface area contributed by atoms with Gasteiger partial charge in [-0.05, 0) is 80.6 Å². The van der Waals surface area contributed by atoms with Crippen molar-refractivity contribution in [1.82, 2.24) is 4.90 Å². The van der Waals surface area contributed by atoms with E-state index in [1.807, 2.05) is 54.6 Å². The predicted molar refractivity (Wildman–Crippen MR) is 118 cm³/mol. The minimum Gasteiger partial charge on any atom is -0.508 e. The van der Waals surface area contributed by atoms with E-state index < -0.39 is 0 Å². The summed E-state index contributed by atoms with van der Waals surface area (Å²) in [6, 6.07) is 15.8. The molecule has 1 saturated carbocycles. The van der Waals surface area contributed by atoms with Crippen molar-refractivity contribution in [2.75, 3.05) is 13.1 Å². The summed E-state index contributed by atoms with van der Waals surface area (Å²) in [4.78, 5) is 15.4. The number of carbonyl (C=O) groups is 1. The molecular formula is C26H29NO2. The number of phenolic OH excluding ortho intramolecular Hbond substituents is 1. The molecule has 1 aliphatic heterocycles. The van der Waals surface area contributed by atoms with Crippen LogP contribution in [0, 0.1) is 0 Å². The van der Waals surface area contributed by atoms with Crippen molar-refractivity contribution >= 4 is 17.9 Å². The van der Waals surface area contributed by atoms with Gasteiger partial charge in [0.2, 0.25) is 0 Å². The van der Waals surface area contributed by atoms with Gasteiger partial charge in [-0.3, -0.25) is 9.69 Å². The monoisotopic (exact) mass is 387 g/mol. The molecule has 0 atom stereocenters. The van der Waals surface area contributed by atoms with E-state index in [4.69, 9.17) is 0 Å². The van der Waals surface area contributed by atoms with E-state index in [9.17, 15) is 9.90 Å². The number of hydrogen-bond acceptors (Lipinski definition) is 3. The Balaban J connectivity index is 1.54. The summed E-state index contributed by atoms with van der Waals surface area (Å²) in [6.45, 7) is 2.96. The second-order valence-corrected chi connectivity index (χ2v) is 8.16. The number of benzene rings is 2. The molecule has 3 nitrogen and oxygen atoms in total. The van der Waals surface area contributed by atoms with Gasteiger partial charge in [-0.25, -0.2) is 0 Å². The van der Waals surface area contributed by atoms with Crippen LogP contribution in [0.15, 0.2) is 59.7 Å². The van der Waals surface area contributed by atoms with E-state index in [1.54, 1.807) is 6.07 Å². The highest BCUT2D eigenvalue weighted by Gasteiger charge is 2.20. The first-order chi connectivity index (χ1) is 14.2. The van der Waals surface area contributed by atoms with Crippen LogP contribution in [0.3, 0.4) is 0 Å². The Hall–Kier alpha value is -2.65. The van der Waals surface area contributed by atoms with Crippen molar-refractivity contribution in [2.24, 2.45) is 0 Å². The van der Waals surface area contributed by atoms with Gasteiger partial charge in [-0.15, -0.1) is 0 Å². The topological polar surface area (TPSA) is 40.5 Å². The third-order valence-electron chi connectivity index (χ3n) is 5.90. The first kappa shape index (κ1) is 19.7. The highest BCUT2D eigenvalue weighted by Crippen LogP contribution is 2.29. The minimum atomic E-state index is 0.158. The van der Waals surface area contributed by atoms with E-state index in [0.717, 1.165) is 66.7 Å². The molecule has 0 bridgehead atoms. The third-order valence-corrected chi connectivity index (χ3v) is 5.90. The quantitative estimate of drug-likeness (QED) is 0.695. The maximum atomic E-state index is 13.0. The Morgan fingerprint density at radius 2 is 1.52 bits per heavy atom. The van der Waals surface area contributed by atoms with Gasteiger partial charge >= 0.3 is 0 Å². The number of rotatable bonds is 4. The summed E-state index contributed by atoms with van der Waals surface area (Å²) in [5, 5.41) is 10.3. The summed E-state index contributed by atoms with van der Waals surface area (Å²) in [7, 11) is 0. The molecule has 1 N–H and O–H groups in total. The van der Waals surface area contributed by atoms with Crippen LogP contribution in [0.1, 0.15) is 55.2 Å².